The van der Waals surface area contributed by atoms with Crippen LogP contribution >= 0.6 is 0 Å². The van der Waals surface area contributed by atoms with Crippen LogP contribution in [0, 0.1) is 6.92 Å². The summed E-state index contributed by atoms with van der Waals surface area (Å²) < 4.78 is 0. The van der Waals surface area contributed by atoms with Crippen LogP contribution in [0.15, 0.2) is 60.7 Å². The highest BCUT2D eigenvalue weighted by molar-refractivity contribution is 5.43. The maximum Gasteiger partial charge on any atom is 0.0360 e. The van der Waals surface area contributed by atoms with Crippen molar-refractivity contribution in [2.24, 2.45) is 0 Å². The van der Waals surface area contributed by atoms with Crippen LogP contribution in [0.4, 0.5) is 5.69 Å². The fourth-order valence-electron chi connectivity index (χ4n) is 1.26. The number of anilines is 1. The van der Waals surface area contributed by atoms with Crippen LogP contribution in [0.2, 0.25) is 0 Å². The molecular formula is C15H19N. The third kappa shape index (κ3) is 4.65. The van der Waals surface area contributed by atoms with Gasteiger partial charge in [0.25, 0.3) is 0 Å². The average Bonchev–Trinajstić information content (AvgIpc) is 2.32. The molecule has 16 heavy (non-hydrogen) atoms. The van der Waals surface area contributed by atoms with Crippen molar-refractivity contribution in [2.75, 3.05) is 19.0 Å². The summed E-state index contributed by atoms with van der Waals surface area (Å²) in [7, 11) is 4.07. The Labute approximate surface area is 98.3 Å². The molecule has 0 saturated heterocycles. The van der Waals surface area contributed by atoms with E-state index in [1.807, 2.05) is 50.5 Å². The lowest BCUT2D eigenvalue weighted by atomic mass is 10.2. The van der Waals surface area contributed by atoms with Gasteiger partial charge < -0.3 is 4.90 Å². The fraction of sp³-hybridized carbons (Fsp3) is 0.200. The molecule has 0 spiro atoms. The number of rotatable bonds is 1. The smallest absolute Gasteiger partial charge is 0.0360 e. The molecule has 0 amide bonds. The predicted octanol–water partition coefficient (Wildman–Crippen LogP) is 3.75. The minimum atomic E-state index is 1.25. The Bertz CT molecular complexity index is 379. The topological polar surface area (TPSA) is 3.24 Å². The Morgan fingerprint density at radius 1 is 0.688 bits per heavy atom. The number of aryl methyl sites for hydroxylation is 1. The molecule has 0 fully saturated rings. The maximum absolute atomic E-state index is 2.08. The molecule has 84 valence electrons. The molecular weight excluding hydrogens is 194 g/mol. The van der Waals surface area contributed by atoms with Crippen LogP contribution in [-0.2, 0) is 0 Å². The SMILES string of the molecule is CN(C)c1ccccc1.Cc1ccccc1. The van der Waals surface area contributed by atoms with Gasteiger partial charge in [0.1, 0.15) is 0 Å². The van der Waals surface area contributed by atoms with Gasteiger partial charge in [-0.25, -0.2) is 0 Å². The van der Waals surface area contributed by atoms with Gasteiger partial charge in [-0.3, -0.25) is 0 Å². The van der Waals surface area contributed by atoms with Crippen LogP contribution in [0.25, 0.3) is 0 Å². The van der Waals surface area contributed by atoms with E-state index in [2.05, 4.69) is 36.1 Å². The quantitative estimate of drug-likeness (QED) is 0.697. The highest BCUT2D eigenvalue weighted by atomic mass is 15.1. The second-order valence-electron chi connectivity index (χ2n) is 3.88. The summed E-state index contributed by atoms with van der Waals surface area (Å²) in [5, 5.41) is 0. The highest BCUT2D eigenvalue weighted by Gasteiger charge is 1.87. The number of hydrogen-bond donors (Lipinski definition) is 0. The molecule has 1 heteroatoms. The molecule has 0 radical (unpaired) electrons. The van der Waals surface area contributed by atoms with Crippen molar-refractivity contribution in [3.63, 3.8) is 0 Å². The third-order valence-electron chi connectivity index (χ3n) is 2.21. The van der Waals surface area contributed by atoms with Crippen LogP contribution in [-0.4, -0.2) is 14.1 Å². The van der Waals surface area contributed by atoms with Crippen molar-refractivity contribution in [3.8, 4) is 0 Å². The molecule has 0 saturated carbocycles. The molecule has 0 heterocycles. The van der Waals surface area contributed by atoms with E-state index in [1.165, 1.54) is 11.3 Å². The Kier molecular flexibility index (Phi) is 5.13. The van der Waals surface area contributed by atoms with E-state index in [9.17, 15) is 0 Å². The van der Waals surface area contributed by atoms with Gasteiger partial charge in [-0.2, -0.15) is 0 Å². The molecule has 0 aliphatic carbocycles. The lowest BCUT2D eigenvalue weighted by molar-refractivity contribution is 1.13. The van der Waals surface area contributed by atoms with Gasteiger partial charge in [0, 0.05) is 19.8 Å². The summed E-state index contributed by atoms with van der Waals surface area (Å²) in [6.45, 7) is 2.08. The number of nitrogens with zero attached hydrogens (tertiary/aromatic N) is 1. The second kappa shape index (κ2) is 6.67. The van der Waals surface area contributed by atoms with Gasteiger partial charge >= 0.3 is 0 Å². The first-order chi connectivity index (χ1) is 7.70. The molecule has 0 N–H and O–H groups in total. The van der Waals surface area contributed by atoms with Crippen LogP contribution < -0.4 is 4.90 Å². The van der Waals surface area contributed by atoms with Crippen molar-refractivity contribution in [3.05, 3.63) is 66.2 Å². The first kappa shape index (κ1) is 12.3. The number of para-hydroxylation sites is 1. The van der Waals surface area contributed by atoms with Crippen LogP contribution in [0.3, 0.4) is 0 Å². The first-order valence-corrected chi connectivity index (χ1v) is 5.44. The minimum Gasteiger partial charge on any atom is -0.378 e. The molecule has 2 aromatic carbocycles. The predicted molar refractivity (Wildman–Crippen MR) is 71.9 cm³/mol. The highest BCUT2D eigenvalue weighted by Crippen LogP contribution is 2.07. The number of hydrogen-bond acceptors (Lipinski definition) is 1. The van der Waals surface area contributed by atoms with Gasteiger partial charge in [0.15, 0.2) is 0 Å². The molecule has 0 aromatic heterocycles. The van der Waals surface area contributed by atoms with Gasteiger partial charge in [-0.05, 0) is 19.1 Å². The Morgan fingerprint density at radius 2 is 1.12 bits per heavy atom. The third-order valence-corrected chi connectivity index (χ3v) is 2.21. The molecule has 2 rings (SSSR count). The lowest BCUT2D eigenvalue weighted by Crippen LogP contribution is -2.07. The van der Waals surface area contributed by atoms with Crippen LogP contribution in [0.1, 0.15) is 5.56 Å². The van der Waals surface area contributed by atoms with Gasteiger partial charge in [-0.1, -0.05) is 54.1 Å². The summed E-state index contributed by atoms with van der Waals surface area (Å²) in [5.41, 5.74) is 2.57. The van der Waals surface area contributed by atoms with Crippen molar-refractivity contribution >= 4 is 5.69 Å². The summed E-state index contributed by atoms with van der Waals surface area (Å²) in [6, 6.07) is 20.5. The Hall–Kier alpha value is -1.76. The zero-order chi connectivity index (χ0) is 11.8. The lowest BCUT2D eigenvalue weighted by Gasteiger charge is -2.10. The first-order valence-electron chi connectivity index (χ1n) is 5.44. The molecule has 0 aliphatic heterocycles. The van der Waals surface area contributed by atoms with Crippen molar-refractivity contribution in [2.45, 2.75) is 6.92 Å². The normalized spacial score (nSPS) is 8.94. The van der Waals surface area contributed by atoms with Crippen molar-refractivity contribution < 1.29 is 0 Å². The average molecular weight is 213 g/mol. The summed E-state index contributed by atoms with van der Waals surface area (Å²) in [6.07, 6.45) is 0. The summed E-state index contributed by atoms with van der Waals surface area (Å²) >= 11 is 0. The zero-order valence-electron chi connectivity index (χ0n) is 10.2. The zero-order valence-corrected chi connectivity index (χ0v) is 10.2. The molecule has 0 atom stereocenters. The Morgan fingerprint density at radius 3 is 1.38 bits per heavy atom. The van der Waals surface area contributed by atoms with Crippen LogP contribution in [0.5, 0.6) is 0 Å². The molecule has 1 nitrogen and oxygen atoms in total. The second-order valence-corrected chi connectivity index (χ2v) is 3.88. The Balaban J connectivity index is 0.000000165. The van der Waals surface area contributed by atoms with E-state index in [4.69, 9.17) is 0 Å². The van der Waals surface area contributed by atoms with E-state index in [1.54, 1.807) is 0 Å². The van der Waals surface area contributed by atoms with Crippen molar-refractivity contribution in [1.82, 2.24) is 0 Å². The standard InChI is InChI=1S/C8H11N.C7H8/c1-9(2)8-6-4-3-5-7-8;1-7-5-3-2-4-6-7/h3-7H,1-2H3;2-6H,1H3. The number of benzene rings is 2. The summed E-state index contributed by atoms with van der Waals surface area (Å²) in [5.74, 6) is 0. The molecule has 0 aliphatic rings. The van der Waals surface area contributed by atoms with E-state index in [0.717, 1.165) is 0 Å². The van der Waals surface area contributed by atoms with Crippen molar-refractivity contribution in [1.29, 1.82) is 0 Å². The minimum absolute atomic E-state index is 1.25. The molecule has 0 bridgehead atoms. The van der Waals surface area contributed by atoms with E-state index < -0.39 is 0 Å². The fourth-order valence-corrected chi connectivity index (χ4v) is 1.26. The monoisotopic (exact) mass is 213 g/mol. The van der Waals surface area contributed by atoms with Gasteiger partial charge in [-0.15, -0.1) is 0 Å². The largest absolute Gasteiger partial charge is 0.378 e. The van der Waals surface area contributed by atoms with E-state index >= 15 is 0 Å². The van der Waals surface area contributed by atoms with Gasteiger partial charge in [0.05, 0.1) is 0 Å². The van der Waals surface area contributed by atoms with E-state index in [-0.39, 0.29) is 0 Å². The molecule has 0 unspecified atom stereocenters. The maximum atomic E-state index is 2.08. The molecule has 2 aromatic rings. The van der Waals surface area contributed by atoms with Gasteiger partial charge in [0.2, 0.25) is 0 Å². The summed E-state index contributed by atoms with van der Waals surface area (Å²) in [4.78, 5) is 2.08. The van der Waals surface area contributed by atoms with E-state index in [0.29, 0.717) is 0 Å².